The summed E-state index contributed by atoms with van der Waals surface area (Å²) in [4.78, 5) is 2.57. The SMILES string of the molecule is CNCC1CC(c2ccc(CN3CCCC3)cc2)C1. The van der Waals surface area contributed by atoms with Gasteiger partial charge in [-0.3, -0.25) is 4.90 Å². The first-order chi connectivity index (χ1) is 9.35. The molecule has 0 aromatic heterocycles. The van der Waals surface area contributed by atoms with Gasteiger partial charge in [-0.05, 0) is 75.3 Å². The summed E-state index contributed by atoms with van der Waals surface area (Å²) in [6, 6.07) is 9.43. The van der Waals surface area contributed by atoms with Crippen molar-refractivity contribution in [3.8, 4) is 0 Å². The van der Waals surface area contributed by atoms with E-state index in [0.717, 1.165) is 18.4 Å². The zero-order valence-corrected chi connectivity index (χ0v) is 12.1. The van der Waals surface area contributed by atoms with Gasteiger partial charge >= 0.3 is 0 Å². The van der Waals surface area contributed by atoms with Crippen LogP contribution in [0.1, 0.15) is 42.7 Å². The summed E-state index contributed by atoms with van der Waals surface area (Å²) in [7, 11) is 2.06. The first kappa shape index (κ1) is 13.1. The molecule has 2 heteroatoms. The lowest BCUT2D eigenvalue weighted by Crippen LogP contribution is -2.30. The van der Waals surface area contributed by atoms with E-state index in [4.69, 9.17) is 0 Å². The van der Waals surface area contributed by atoms with Crippen LogP contribution in [0.15, 0.2) is 24.3 Å². The van der Waals surface area contributed by atoms with Gasteiger partial charge in [0.1, 0.15) is 0 Å². The topological polar surface area (TPSA) is 15.3 Å². The molecular formula is C17H26N2. The molecule has 0 amide bonds. The van der Waals surface area contributed by atoms with Crippen LogP contribution in [0.25, 0.3) is 0 Å². The van der Waals surface area contributed by atoms with Crippen molar-refractivity contribution in [3.05, 3.63) is 35.4 Å². The fourth-order valence-electron chi connectivity index (χ4n) is 3.56. The van der Waals surface area contributed by atoms with Crippen LogP contribution in [0, 0.1) is 5.92 Å². The highest BCUT2D eigenvalue weighted by Gasteiger charge is 2.29. The lowest BCUT2D eigenvalue weighted by molar-refractivity contribution is 0.259. The first-order valence-electron chi connectivity index (χ1n) is 7.81. The molecule has 1 N–H and O–H groups in total. The lowest BCUT2D eigenvalue weighted by Gasteiger charge is -2.35. The summed E-state index contributed by atoms with van der Waals surface area (Å²) in [5, 5.41) is 3.29. The predicted molar refractivity (Wildman–Crippen MR) is 80.3 cm³/mol. The molecule has 3 rings (SSSR count). The fraction of sp³-hybridized carbons (Fsp3) is 0.647. The van der Waals surface area contributed by atoms with Crippen LogP contribution in [-0.2, 0) is 6.54 Å². The summed E-state index contributed by atoms with van der Waals surface area (Å²) < 4.78 is 0. The first-order valence-corrected chi connectivity index (χ1v) is 7.81. The van der Waals surface area contributed by atoms with Crippen LogP contribution in [-0.4, -0.2) is 31.6 Å². The number of nitrogens with zero attached hydrogens (tertiary/aromatic N) is 1. The molecule has 0 bridgehead atoms. The number of nitrogens with one attached hydrogen (secondary N) is 1. The minimum Gasteiger partial charge on any atom is -0.319 e. The molecule has 0 radical (unpaired) electrons. The second kappa shape index (κ2) is 6.06. The lowest BCUT2D eigenvalue weighted by atomic mass is 9.71. The van der Waals surface area contributed by atoms with Crippen molar-refractivity contribution >= 4 is 0 Å². The molecule has 1 aliphatic carbocycles. The summed E-state index contributed by atoms with van der Waals surface area (Å²) in [6.45, 7) is 4.91. The Bertz CT molecular complexity index is 386. The summed E-state index contributed by atoms with van der Waals surface area (Å²) >= 11 is 0. The zero-order chi connectivity index (χ0) is 13.1. The van der Waals surface area contributed by atoms with E-state index in [1.807, 2.05) is 0 Å². The van der Waals surface area contributed by atoms with E-state index >= 15 is 0 Å². The average molecular weight is 258 g/mol. The normalized spacial score (nSPS) is 27.4. The highest BCUT2D eigenvalue weighted by molar-refractivity contribution is 5.27. The van der Waals surface area contributed by atoms with Crippen molar-refractivity contribution in [2.24, 2.45) is 5.92 Å². The van der Waals surface area contributed by atoms with Gasteiger partial charge in [-0.15, -0.1) is 0 Å². The summed E-state index contributed by atoms with van der Waals surface area (Å²) in [5.41, 5.74) is 3.04. The van der Waals surface area contributed by atoms with Crippen molar-refractivity contribution in [2.45, 2.75) is 38.1 Å². The van der Waals surface area contributed by atoms with Gasteiger partial charge in [0.2, 0.25) is 0 Å². The van der Waals surface area contributed by atoms with E-state index in [2.05, 4.69) is 41.5 Å². The highest BCUT2D eigenvalue weighted by Crippen LogP contribution is 2.41. The van der Waals surface area contributed by atoms with Crippen LogP contribution in [0.5, 0.6) is 0 Å². The zero-order valence-electron chi connectivity index (χ0n) is 12.1. The Morgan fingerprint density at radius 2 is 1.79 bits per heavy atom. The van der Waals surface area contributed by atoms with Crippen LogP contribution in [0.3, 0.4) is 0 Å². The number of rotatable bonds is 5. The monoisotopic (exact) mass is 258 g/mol. The smallest absolute Gasteiger partial charge is 0.0233 e. The van der Waals surface area contributed by atoms with Gasteiger partial charge in [0.25, 0.3) is 0 Å². The third-order valence-electron chi connectivity index (χ3n) is 4.78. The van der Waals surface area contributed by atoms with Crippen molar-refractivity contribution in [1.29, 1.82) is 0 Å². The van der Waals surface area contributed by atoms with Crippen molar-refractivity contribution in [2.75, 3.05) is 26.7 Å². The van der Waals surface area contributed by atoms with Gasteiger partial charge in [-0.25, -0.2) is 0 Å². The van der Waals surface area contributed by atoms with Gasteiger partial charge in [0, 0.05) is 6.54 Å². The van der Waals surface area contributed by atoms with Gasteiger partial charge < -0.3 is 5.32 Å². The molecule has 1 heterocycles. The third-order valence-corrected chi connectivity index (χ3v) is 4.78. The molecule has 2 fully saturated rings. The van der Waals surface area contributed by atoms with Crippen LogP contribution in [0.2, 0.25) is 0 Å². The second-order valence-electron chi connectivity index (χ2n) is 6.32. The highest BCUT2D eigenvalue weighted by atomic mass is 15.1. The molecule has 19 heavy (non-hydrogen) atoms. The molecule has 1 aromatic carbocycles. The maximum Gasteiger partial charge on any atom is 0.0233 e. The van der Waals surface area contributed by atoms with E-state index in [9.17, 15) is 0 Å². The molecule has 0 atom stereocenters. The molecule has 1 aliphatic heterocycles. The molecule has 1 saturated heterocycles. The van der Waals surface area contributed by atoms with E-state index in [0.29, 0.717) is 0 Å². The van der Waals surface area contributed by atoms with Crippen LogP contribution >= 0.6 is 0 Å². The molecular weight excluding hydrogens is 232 g/mol. The van der Waals surface area contributed by atoms with Crippen LogP contribution in [0.4, 0.5) is 0 Å². The number of hydrogen-bond acceptors (Lipinski definition) is 2. The van der Waals surface area contributed by atoms with Crippen molar-refractivity contribution < 1.29 is 0 Å². The summed E-state index contributed by atoms with van der Waals surface area (Å²) in [5.74, 6) is 1.72. The Morgan fingerprint density at radius 3 is 2.42 bits per heavy atom. The number of hydrogen-bond donors (Lipinski definition) is 1. The van der Waals surface area contributed by atoms with Gasteiger partial charge in [0.15, 0.2) is 0 Å². The second-order valence-corrected chi connectivity index (χ2v) is 6.32. The van der Waals surface area contributed by atoms with Gasteiger partial charge in [0.05, 0.1) is 0 Å². The van der Waals surface area contributed by atoms with Gasteiger partial charge in [-0.1, -0.05) is 24.3 Å². The number of likely N-dealkylation sites (tertiary alicyclic amines) is 1. The minimum atomic E-state index is 0.819. The number of benzene rings is 1. The Hall–Kier alpha value is -0.860. The molecule has 2 nitrogen and oxygen atoms in total. The van der Waals surface area contributed by atoms with E-state index in [1.54, 1.807) is 5.56 Å². The fourth-order valence-corrected chi connectivity index (χ4v) is 3.56. The van der Waals surface area contributed by atoms with Gasteiger partial charge in [-0.2, -0.15) is 0 Å². The van der Waals surface area contributed by atoms with E-state index in [-0.39, 0.29) is 0 Å². The summed E-state index contributed by atoms with van der Waals surface area (Å²) in [6.07, 6.45) is 5.50. The molecule has 0 spiro atoms. The Morgan fingerprint density at radius 1 is 1.11 bits per heavy atom. The maximum atomic E-state index is 3.29. The van der Waals surface area contributed by atoms with E-state index < -0.39 is 0 Å². The largest absolute Gasteiger partial charge is 0.319 e. The standard InChI is InChI=1S/C17H26N2/c1-18-12-15-10-17(11-15)16-6-4-14(5-7-16)13-19-8-2-3-9-19/h4-7,15,17-18H,2-3,8-13H2,1H3. The Labute approximate surface area is 117 Å². The Balaban J connectivity index is 1.51. The van der Waals surface area contributed by atoms with E-state index in [1.165, 1.54) is 50.9 Å². The molecule has 104 valence electrons. The third kappa shape index (κ3) is 3.18. The quantitative estimate of drug-likeness (QED) is 0.873. The maximum absolute atomic E-state index is 3.29. The minimum absolute atomic E-state index is 0.819. The van der Waals surface area contributed by atoms with Crippen molar-refractivity contribution in [3.63, 3.8) is 0 Å². The average Bonchev–Trinajstić information content (AvgIpc) is 2.87. The Kier molecular flexibility index (Phi) is 4.19. The molecule has 0 unspecified atom stereocenters. The predicted octanol–water partition coefficient (Wildman–Crippen LogP) is 3.00. The molecule has 1 aromatic rings. The van der Waals surface area contributed by atoms with Crippen molar-refractivity contribution in [1.82, 2.24) is 10.2 Å². The van der Waals surface area contributed by atoms with Crippen LogP contribution < -0.4 is 5.32 Å². The molecule has 2 aliphatic rings. The molecule has 1 saturated carbocycles.